The lowest BCUT2D eigenvalue weighted by Crippen LogP contribution is -1.93. The van der Waals surface area contributed by atoms with Gasteiger partial charge in [-0.15, -0.1) is 0 Å². The Morgan fingerprint density at radius 2 is 1.85 bits per heavy atom. The SMILES string of the molecule is Nc1cc[nH]c1Cc1ccccc1. The second kappa shape index (κ2) is 3.35. The number of aromatic amines is 1. The normalized spacial score (nSPS) is 10.2. The van der Waals surface area contributed by atoms with Crippen molar-refractivity contribution in [1.82, 2.24) is 4.98 Å². The van der Waals surface area contributed by atoms with E-state index in [1.165, 1.54) is 5.56 Å². The minimum Gasteiger partial charge on any atom is -0.397 e. The molecule has 0 unspecified atom stereocenters. The van der Waals surface area contributed by atoms with E-state index in [0.29, 0.717) is 0 Å². The summed E-state index contributed by atoms with van der Waals surface area (Å²) in [5.41, 5.74) is 8.96. The van der Waals surface area contributed by atoms with Gasteiger partial charge in [0.1, 0.15) is 0 Å². The maximum Gasteiger partial charge on any atom is 0.0528 e. The highest BCUT2D eigenvalue weighted by Crippen LogP contribution is 2.13. The van der Waals surface area contributed by atoms with E-state index < -0.39 is 0 Å². The second-order valence-electron chi connectivity index (χ2n) is 3.07. The van der Waals surface area contributed by atoms with E-state index in [-0.39, 0.29) is 0 Å². The first-order valence-electron chi connectivity index (χ1n) is 4.32. The Bertz CT molecular complexity index is 376. The molecule has 13 heavy (non-hydrogen) atoms. The van der Waals surface area contributed by atoms with Crippen molar-refractivity contribution >= 4 is 5.69 Å². The lowest BCUT2D eigenvalue weighted by molar-refractivity contribution is 1.11. The van der Waals surface area contributed by atoms with Crippen molar-refractivity contribution in [2.24, 2.45) is 0 Å². The van der Waals surface area contributed by atoms with Crippen molar-refractivity contribution in [2.45, 2.75) is 6.42 Å². The van der Waals surface area contributed by atoms with Crippen molar-refractivity contribution in [2.75, 3.05) is 5.73 Å². The largest absolute Gasteiger partial charge is 0.397 e. The van der Waals surface area contributed by atoms with Crippen LogP contribution < -0.4 is 5.73 Å². The number of anilines is 1. The number of hydrogen-bond acceptors (Lipinski definition) is 1. The number of aromatic nitrogens is 1. The summed E-state index contributed by atoms with van der Waals surface area (Å²) in [6.07, 6.45) is 2.74. The van der Waals surface area contributed by atoms with Gasteiger partial charge < -0.3 is 10.7 Å². The number of benzene rings is 1. The van der Waals surface area contributed by atoms with Crippen LogP contribution in [0.5, 0.6) is 0 Å². The van der Waals surface area contributed by atoms with Gasteiger partial charge in [0.05, 0.1) is 5.69 Å². The molecule has 1 aromatic carbocycles. The summed E-state index contributed by atoms with van der Waals surface area (Å²) in [6.45, 7) is 0. The first kappa shape index (κ1) is 7.92. The van der Waals surface area contributed by atoms with Crippen molar-refractivity contribution in [1.29, 1.82) is 0 Å². The van der Waals surface area contributed by atoms with Gasteiger partial charge in [-0.25, -0.2) is 0 Å². The summed E-state index contributed by atoms with van der Waals surface area (Å²) >= 11 is 0. The Hall–Kier alpha value is -1.70. The van der Waals surface area contributed by atoms with E-state index >= 15 is 0 Å². The van der Waals surface area contributed by atoms with Gasteiger partial charge >= 0.3 is 0 Å². The molecule has 0 amide bonds. The van der Waals surface area contributed by atoms with E-state index in [9.17, 15) is 0 Å². The Balaban J connectivity index is 2.20. The van der Waals surface area contributed by atoms with Gasteiger partial charge in [0.15, 0.2) is 0 Å². The van der Waals surface area contributed by atoms with Gasteiger partial charge in [-0.2, -0.15) is 0 Å². The Morgan fingerprint density at radius 3 is 2.46 bits per heavy atom. The third-order valence-corrected chi connectivity index (χ3v) is 2.09. The van der Waals surface area contributed by atoms with Crippen LogP contribution in [-0.2, 0) is 6.42 Å². The van der Waals surface area contributed by atoms with E-state index in [1.807, 2.05) is 30.5 Å². The molecule has 0 fully saturated rings. The molecule has 66 valence electrons. The molecule has 0 radical (unpaired) electrons. The van der Waals surface area contributed by atoms with Gasteiger partial charge in [0, 0.05) is 18.3 Å². The van der Waals surface area contributed by atoms with Crippen LogP contribution in [-0.4, -0.2) is 4.98 Å². The van der Waals surface area contributed by atoms with Crippen LogP contribution >= 0.6 is 0 Å². The van der Waals surface area contributed by atoms with Gasteiger partial charge in [0.2, 0.25) is 0 Å². The zero-order chi connectivity index (χ0) is 9.10. The summed E-state index contributed by atoms with van der Waals surface area (Å²) in [4.78, 5) is 3.13. The highest BCUT2D eigenvalue weighted by Gasteiger charge is 1.99. The minimum atomic E-state index is 0.837. The molecular formula is C11H12N2. The van der Waals surface area contributed by atoms with Gasteiger partial charge in [-0.3, -0.25) is 0 Å². The number of nitrogens with one attached hydrogen (secondary N) is 1. The van der Waals surface area contributed by atoms with E-state index in [0.717, 1.165) is 17.8 Å². The lowest BCUT2D eigenvalue weighted by Gasteiger charge is -1.99. The fourth-order valence-electron chi connectivity index (χ4n) is 1.37. The molecular weight excluding hydrogens is 160 g/mol. The topological polar surface area (TPSA) is 41.8 Å². The smallest absolute Gasteiger partial charge is 0.0528 e. The monoisotopic (exact) mass is 172 g/mol. The average Bonchev–Trinajstić information content (AvgIpc) is 2.54. The van der Waals surface area contributed by atoms with Gasteiger partial charge in [0.25, 0.3) is 0 Å². The van der Waals surface area contributed by atoms with E-state index in [4.69, 9.17) is 5.73 Å². The molecule has 1 aromatic heterocycles. The van der Waals surface area contributed by atoms with Crippen molar-refractivity contribution in [3.8, 4) is 0 Å². The van der Waals surface area contributed by atoms with Crippen molar-refractivity contribution in [3.63, 3.8) is 0 Å². The molecule has 3 N–H and O–H groups in total. The van der Waals surface area contributed by atoms with Crippen LogP contribution in [0.1, 0.15) is 11.3 Å². The molecule has 2 heteroatoms. The molecule has 0 bridgehead atoms. The second-order valence-corrected chi connectivity index (χ2v) is 3.07. The van der Waals surface area contributed by atoms with Crippen LogP contribution in [0.15, 0.2) is 42.6 Å². The summed E-state index contributed by atoms with van der Waals surface area (Å²) in [7, 11) is 0. The van der Waals surface area contributed by atoms with E-state index in [1.54, 1.807) is 0 Å². The molecule has 0 aliphatic carbocycles. The molecule has 0 aliphatic rings. The number of hydrogen-bond donors (Lipinski definition) is 2. The van der Waals surface area contributed by atoms with Crippen LogP contribution in [0.25, 0.3) is 0 Å². The standard InChI is InChI=1S/C11H12N2/c12-10-6-7-13-11(10)8-9-4-2-1-3-5-9/h1-7,13H,8,12H2. The van der Waals surface area contributed by atoms with Crippen LogP contribution in [0.2, 0.25) is 0 Å². The number of nitrogen functional groups attached to an aromatic ring is 1. The average molecular weight is 172 g/mol. The van der Waals surface area contributed by atoms with Gasteiger partial charge in [-0.05, 0) is 11.6 Å². The Morgan fingerprint density at radius 1 is 1.08 bits per heavy atom. The minimum absolute atomic E-state index is 0.837. The summed E-state index contributed by atoms with van der Waals surface area (Å²) in [5.74, 6) is 0. The molecule has 2 aromatic rings. The highest BCUT2D eigenvalue weighted by molar-refractivity contribution is 5.45. The van der Waals surface area contributed by atoms with Crippen molar-refractivity contribution in [3.05, 3.63) is 53.9 Å². The fraction of sp³-hybridized carbons (Fsp3) is 0.0909. The Labute approximate surface area is 77.4 Å². The van der Waals surface area contributed by atoms with Crippen molar-refractivity contribution < 1.29 is 0 Å². The number of H-pyrrole nitrogens is 1. The Kier molecular flexibility index (Phi) is 2.04. The molecule has 1 heterocycles. The van der Waals surface area contributed by atoms with E-state index in [2.05, 4.69) is 17.1 Å². The highest BCUT2D eigenvalue weighted by atomic mass is 14.7. The first-order chi connectivity index (χ1) is 6.36. The maximum absolute atomic E-state index is 5.76. The quantitative estimate of drug-likeness (QED) is 0.716. The molecule has 2 nitrogen and oxygen atoms in total. The van der Waals surface area contributed by atoms with Gasteiger partial charge in [-0.1, -0.05) is 30.3 Å². The lowest BCUT2D eigenvalue weighted by atomic mass is 10.1. The zero-order valence-corrected chi connectivity index (χ0v) is 7.33. The maximum atomic E-state index is 5.76. The third-order valence-electron chi connectivity index (χ3n) is 2.09. The number of nitrogens with two attached hydrogens (primary N) is 1. The first-order valence-corrected chi connectivity index (χ1v) is 4.32. The van der Waals surface area contributed by atoms with Crippen LogP contribution in [0, 0.1) is 0 Å². The molecule has 0 saturated carbocycles. The molecule has 0 atom stereocenters. The summed E-state index contributed by atoms with van der Waals surface area (Å²) in [6, 6.07) is 12.2. The fourth-order valence-corrected chi connectivity index (χ4v) is 1.37. The summed E-state index contributed by atoms with van der Waals surface area (Å²) in [5, 5.41) is 0. The summed E-state index contributed by atoms with van der Waals surface area (Å²) < 4.78 is 0. The van der Waals surface area contributed by atoms with Crippen LogP contribution in [0.4, 0.5) is 5.69 Å². The molecule has 0 aliphatic heterocycles. The zero-order valence-electron chi connectivity index (χ0n) is 7.33. The molecule has 2 rings (SSSR count). The predicted molar refractivity (Wildman–Crippen MR) is 54.5 cm³/mol. The third kappa shape index (κ3) is 1.72. The van der Waals surface area contributed by atoms with Crippen LogP contribution in [0.3, 0.4) is 0 Å². The number of rotatable bonds is 2. The predicted octanol–water partition coefficient (Wildman–Crippen LogP) is 2.19. The molecule has 0 spiro atoms. The molecule has 0 saturated heterocycles.